The van der Waals surface area contributed by atoms with Crippen LogP contribution < -0.4 is 15.0 Å². The number of fused-ring (bicyclic) bond motifs is 9. The Hall–Kier alpha value is -10.2. The standard InChI is InChI=1S/C96H104N7.2C5H9N.Fe/c1-89(2,3)65-41-25-57(26-42-65)73-75(59-29-45-67(46-30-59)91(7,8)9)83-97-81(73)82-74(58-27-43-66(44-28-58)90(4,5)6)76(60-31-47-68(48-32-60)92(10,11)12)84(98-82)100-86-78(62-35-51-70(52-36-62)94(16,17)18)80(64-39-55-72(56-40-64)96(22,23)24)88(102-86)103-87-79(63-37-53-71(54-38-63)95(19,20)21)77(85(99-83)101-87)61-33-49-69(50-34-61)93(13,14)15;2*1-5(2,3)6-4;/h25-56H,1-24H3;2*1-3H3;/q-3;;;+5. The third-order valence-corrected chi connectivity index (χ3v) is 21.5. The summed E-state index contributed by atoms with van der Waals surface area (Å²) in [6.07, 6.45) is 0. The molecule has 0 unspecified atom stereocenters. The zero-order valence-electron chi connectivity index (χ0n) is 74.9. The fourth-order valence-electron chi connectivity index (χ4n) is 14.2. The molecule has 0 amide bonds. The predicted octanol–water partition coefficient (Wildman–Crippen LogP) is 28.4. The second-order valence-electron chi connectivity index (χ2n) is 41.6. The fraction of sp³-hybridized carbons (Fsp3) is 0.377. The molecule has 0 aliphatic carbocycles. The summed E-state index contributed by atoms with van der Waals surface area (Å²) in [5, 5.41) is 0. The third-order valence-electron chi connectivity index (χ3n) is 21.5. The molecule has 0 saturated carbocycles. The zero-order chi connectivity index (χ0) is 84.5. The normalized spacial score (nSPS) is 13.0. The molecule has 0 saturated heterocycles. The van der Waals surface area contributed by atoms with E-state index in [1.165, 1.54) is 44.5 Å². The molecule has 5 heterocycles. The minimum atomic E-state index is -0.167. The molecular weight excluding hydrogens is 1460 g/mol. The van der Waals surface area contributed by atoms with Gasteiger partial charge in [-0.3, -0.25) is 0 Å². The van der Waals surface area contributed by atoms with Crippen molar-refractivity contribution in [3.63, 3.8) is 0 Å². The topological polar surface area (TPSA) is 103 Å². The zero-order valence-corrected chi connectivity index (χ0v) is 76.0. The number of hydrogen-bond donors (Lipinski definition) is 0. The second kappa shape index (κ2) is 32.3. The van der Waals surface area contributed by atoms with Gasteiger partial charge in [0.2, 0.25) is 11.1 Å². The molecule has 8 bridgehead atoms. The molecule has 4 aromatic heterocycles. The van der Waals surface area contributed by atoms with Crippen LogP contribution >= 0.6 is 0 Å². The van der Waals surface area contributed by atoms with Crippen LogP contribution in [0.2, 0.25) is 0 Å². The molecule has 0 fully saturated rings. The maximum atomic E-state index is 6.48. The van der Waals surface area contributed by atoms with Crippen molar-refractivity contribution in [2.24, 2.45) is 0 Å². The van der Waals surface area contributed by atoms with Crippen molar-refractivity contribution in [1.82, 2.24) is 34.9 Å². The summed E-state index contributed by atoms with van der Waals surface area (Å²) in [7, 11) is 0. The quantitative estimate of drug-likeness (QED) is 0.110. The van der Waals surface area contributed by atoms with Gasteiger partial charge in [0.15, 0.2) is 0 Å². The molecule has 597 valence electrons. The van der Waals surface area contributed by atoms with E-state index in [-0.39, 0.29) is 71.5 Å². The average Bonchev–Trinajstić information content (AvgIpc) is 1.57. The van der Waals surface area contributed by atoms with Crippen molar-refractivity contribution in [2.45, 2.75) is 262 Å². The van der Waals surface area contributed by atoms with Crippen LogP contribution in [0.5, 0.6) is 0 Å². The van der Waals surface area contributed by atoms with Crippen LogP contribution in [0.15, 0.2) is 194 Å². The molecule has 12 aromatic rings. The van der Waals surface area contributed by atoms with Gasteiger partial charge in [-0.2, -0.15) is 0 Å². The van der Waals surface area contributed by atoms with E-state index in [1.54, 1.807) is 0 Å². The number of nitrogens with zero attached hydrogens (tertiary/aromatic N) is 9. The van der Waals surface area contributed by atoms with Gasteiger partial charge in [0, 0.05) is 63.9 Å². The summed E-state index contributed by atoms with van der Waals surface area (Å²) in [6.45, 7) is 78.7. The summed E-state index contributed by atoms with van der Waals surface area (Å²) >= 11 is 0. The van der Waals surface area contributed by atoms with Gasteiger partial charge in [0.1, 0.15) is 0 Å². The number of rotatable bonds is 8. The molecule has 1 radical (unpaired) electrons. The number of aromatic nitrogens is 7. The van der Waals surface area contributed by atoms with Crippen molar-refractivity contribution < 1.29 is 17.1 Å². The first-order valence-electron chi connectivity index (χ1n) is 40.8. The van der Waals surface area contributed by atoms with Gasteiger partial charge >= 0.3 is 17.1 Å². The van der Waals surface area contributed by atoms with Crippen molar-refractivity contribution in [2.75, 3.05) is 0 Å². The maximum Gasteiger partial charge on any atom is 5.00 e. The smallest absolute Gasteiger partial charge is 0.435 e. The summed E-state index contributed by atoms with van der Waals surface area (Å²) in [6, 6.07) is 72.3. The predicted molar refractivity (Wildman–Crippen MR) is 489 cm³/mol. The van der Waals surface area contributed by atoms with Crippen molar-refractivity contribution >= 4 is 44.8 Å². The largest absolute Gasteiger partial charge is 5.00 e. The molecule has 1 aliphatic heterocycles. The first-order chi connectivity index (χ1) is 53.2. The van der Waals surface area contributed by atoms with Crippen LogP contribution in [0.25, 0.3) is 121 Å². The summed E-state index contributed by atoms with van der Waals surface area (Å²) in [4.78, 5) is 48.4. The van der Waals surface area contributed by atoms with Crippen molar-refractivity contribution in [1.29, 1.82) is 0 Å². The Morgan fingerprint density at radius 1 is 0.207 bits per heavy atom. The SMILES string of the molecule is CC(C)(C)c1ccc(C2=C(c3ccc(C(C)(C)C)cc3)c3nc2nc2[n-]c(nc4[n-]c(c(-c5ccc(C(C)(C)C)cc5)c4-c4ccc(C(C)(C)C)cc4)c4[n-]c(n3)c(-c3ccc(C(C)(C)C)cc3)c4-c3ccc(C(C)(C)C)cc3)c(-c3ccc(C(C)(C)C)cc3)c2-c2ccc(C(C)(C)C)cc2)cc1.[C-]#[N+]C(C)(C)C.[C-]#[N+]C(C)(C)C.[Fe+5]. The van der Waals surface area contributed by atoms with Crippen LogP contribution in [-0.4, -0.2) is 31.0 Å². The van der Waals surface area contributed by atoms with E-state index in [0.29, 0.717) is 45.3 Å². The van der Waals surface area contributed by atoms with E-state index >= 15 is 0 Å². The molecule has 1 aliphatic rings. The molecule has 9 nitrogen and oxygen atoms in total. The van der Waals surface area contributed by atoms with Crippen LogP contribution in [0, 0.1) is 13.1 Å². The van der Waals surface area contributed by atoms with E-state index in [1.807, 2.05) is 41.5 Å². The Morgan fingerprint density at radius 3 is 0.552 bits per heavy atom. The fourth-order valence-corrected chi connectivity index (χ4v) is 14.2. The van der Waals surface area contributed by atoms with Gasteiger partial charge in [0.05, 0.1) is 11.6 Å². The van der Waals surface area contributed by atoms with Gasteiger partial charge in [-0.15, -0.1) is 0 Å². The van der Waals surface area contributed by atoms with E-state index in [9.17, 15) is 0 Å². The van der Waals surface area contributed by atoms with Crippen LogP contribution in [-0.2, 0) is 60.4 Å². The van der Waals surface area contributed by atoms with E-state index in [4.69, 9.17) is 48.0 Å². The summed E-state index contributed by atoms with van der Waals surface area (Å²) in [5.74, 6) is 0.963. The molecule has 0 atom stereocenters. The van der Waals surface area contributed by atoms with Crippen LogP contribution in [0.1, 0.15) is 275 Å². The van der Waals surface area contributed by atoms with Gasteiger partial charge in [-0.25, -0.2) is 18.1 Å². The van der Waals surface area contributed by atoms with E-state index in [2.05, 4.69) is 370 Å². The Balaban J connectivity index is 0.00000102. The molecular formula is C106H122FeN9+2. The monoisotopic (exact) mass is 1580 g/mol. The van der Waals surface area contributed by atoms with Crippen molar-refractivity contribution in [3.8, 4) is 66.8 Å². The van der Waals surface area contributed by atoms with E-state index in [0.717, 1.165) is 89.0 Å². The van der Waals surface area contributed by atoms with Gasteiger partial charge < -0.3 is 39.6 Å². The Bertz CT molecular complexity index is 5750. The Morgan fingerprint density at radius 2 is 0.362 bits per heavy atom. The number of benzene rings is 8. The third kappa shape index (κ3) is 19.7. The van der Waals surface area contributed by atoms with Crippen LogP contribution in [0.3, 0.4) is 0 Å². The van der Waals surface area contributed by atoms with Crippen molar-refractivity contribution in [3.05, 3.63) is 284 Å². The van der Waals surface area contributed by atoms with Crippen LogP contribution in [0.4, 0.5) is 0 Å². The summed E-state index contributed by atoms with van der Waals surface area (Å²) < 4.78 is 0. The van der Waals surface area contributed by atoms with E-state index < -0.39 is 0 Å². The first-order valence-corrected chi connectivity index (χ1v) is 40.8. The first kappa shape index (κ1) is 88.2. The van der Waals surface area contributed by atoms with Gasteiger partial charge in [-0.05, 0) is 188 Å². The molecule has 13 rings (SSSR count). The molecule has 10 heteroatoms. The molecule has 116 heavy (non-hydrogen) atoms. The summed E-state index contributed by atoms with van der Waals surface area (Å²) in [5.41, 5.74) is 26.4. The minimum absolute atomic E-state index is 0. The molecule has 0 N–H and O–H groups in total. The Labute approximate surface area is 705 Å². The number of hydrogen-bond acceptors (Lipinski definition) is 4. The molecule has 8 aromatic carbocycles. The molecule has 0 spiro atoms. The Kier molecular flexibility index (Phi) is 24.6. The average molecular weight is 1580 g/mol. The maximum absolute atomic E-state index is 6.48. The van der Waals surface area contributed by atoms with Gasteiger partial charge in [0.25, 0.3) is 0 Å². The second-order valence-corrected chi connectivity index (χ2v) is 41.6. The minimum Gasteiger partial charge on any atom is -0.435 e. The van der Waals surface area contributed by atoms with Gasteiger partial charge in [-0.1, -0.05) is 360 Å².